The van der Waals surface area contributed by atoms with Crippen molar-refractivity contribution in [2.75, 3.05) is 20.2 Å². The molecule has 2 aromatic rings. The maximum absolute atomic E-state index is 12.6. The zero-order valence-corrected chi connectivity index (χ0v) is 12.6. The molecule has 1 N–H and O–H groups in total. The Morgan fingerprint density at radius 1 is 1.33 bits per heavy atom. The standard InChI is InChI=1S/C17H20N2O2/c1-17(2)11-8-19(9-12(11)17)16(20)14-7-10-13(18-14)5-4-6-15(10)21-3/h4-7,11-12,18H,8-9H2,1-3H3. The van der Waals surface area contributed by atoms with Gasteiger partial charge in [-0.05, 0) is 35.4 Å². The lowest BCUT2D eigenvalue weighted by Crippen LogP contribution is -2.33. The van der Waals surface area contributed by atoms with E-state index in [0.717, 1.165) is 29.7 Å². The van der Waals surface area contributed by atoms with Gasteiger partial charge in [0.25, 0.3) is 5.91 Å². The first-order chi connectivity index (χ1) is 10.0. The molecule has 1 saturated heterocycles. The number of carbonyl (C=O) groups is 1. The number of amides is 1. The van der Waals surface area contributed by atoms with Crippen molar-refractivity contribution < 1.29 is 9.53 Å². The van der Waals surface area contributed by atoms with Gasteiger partial charge in [0.05, 0.1) is 7.11 Å². The van der Waals surface area contributed by atoms with Crippen molar-refractivity contribution in [3.8, 4) is 5.75 Å². The summed E-state index contributed by atoms with van der Waals surface area (Å²) in [5.74, 6) is 2.27. The van der Waals surface area contributed by atoms with Crippen LogP contribution in [0.5, 0.6) is 5.75 Å². The minimum atomic E-state index is 0.108. The largest absolute Gasteiger partial charge is 0.496 e. The van der Waals surface area contributed by atoms with Crippen molar-refractivity contribution in [2.24, 2.45) is 17.3 Å². The normalized spacial score (nSPS) is 26.0. The number of hydrogen-bond acceptors (Lipinski definition) is 2. The van der Waals surface area contributed by atoms with Crippen molar-refractivity contribution in [3.05, 3.63) is 30.0 Å². The number of H-pyrrole nitrogens is 1. The molecular weight excluding hydrogens is 264 g/mol. The van der Waals surface area contributed by atoms with E-state index in [1.165, 1.54) is 0 Å². The van der Waals surface area contributed by atoms with Gasteiger partial charge in [-0.2, -0.15) is 0 Å². The number of aromatic amines is 1. The maximum atomic E-state index is 12.6. The molecule has 4 rings (SSSR count). The van der Waals surface area contributed by atoms with Crippen molar-refractivity contribution in [1.82, 2.24) is 9.88 Å². The number of likely N-dealkylation sites (tertiary alicyclic amines) is 1. The van der Waals surface area contributed by atoms with Crippen LogP contribution in [-0.4, -0.2) is 36.0 Å². The number of piperidine rings is 1. The van der Waals surface area contributed by atoms with Crippen LogP contribution in [0, 0.1) is 17.3 Å². The fourth-order valence-electron chi connectivity index (χ4n) is 3.89. The summed E-state index contributed by atoms with van der Waals surface area (Å²) in [4.78, 5) is 17.9. The molecule has 0 radical (unpaired) electrons. The van der Waals surface area contributed by atoms with Gasteiger partial charge < -0.3 is 14.6 Å². The predicted octanol–water partition coefficient (Wildman–Crippen LogP) is 2.90. The smallest absolute Gasteiger partial charge is 0.270 e. The van der Waals surface area contributed by atoms with E-state index in [4.69, 9.17) is 4.74 Å². The first kappa shape index (κ1) is 12.7. The average molecular weight is 284 g/mol. The van der Waals surface area contributed by atoms with Gasteiger partial charge in [-0.25, -0.2) is 0 Å². The molecule has 1 aliphatic carbocycles. The maximum Gasteiger partial charge on any atom is 0.270 e. The second-order valence-corrected chi connectivity index (χ2v) is 6.85. The lowest BCUT2D eigenvalue weighted by molar-refractivity contribution is 0.0753. The molecule has 1 aliphatic heterocycles. The van der Waals surface area contributed by atoms with Gasteiger partial charge in [0, 0.05) is 24.0 Å². The van der Waals surface area contributed by atoms with Crippen LogP contribution in [0.4, 0.5) is 0 Å². The van der Waals surface area contributed by atoms with Gasteiger partial charge in [-0.1, -0.05) is 19.9 Å². The molecule has 2 unspecified atom stereocenters. The van der Waals surface area contributed by atoms with Crippen LogP contribution in [0.15, 0.2) is 24.3 Å². The zero-order valence-electron chi connectivity index (χ0n) is 12.6. The van der Waals surface area contributed by atoms with Crippen LogP contribution in [0.25, 0.3) is 10.9 Å². The molecule has 2 fully saturated rings. The molecule has 1 amide bonds. The third-order valence-electron chi connectivity index (χ3n) is 5.48. The Kier molecular flexibility index (Phi) is 2.44. The fraction of sp³-hybridized carbons (Fsp3) is 0.471. The van der Waals surface area contributed by atoms with E-state index in [2.05, 4.69) is 18.8 Å². The van der Waals surface area contributed by atoms with Crippen LogP contribution in [0.3, 0.4) is 0 Å². The Hall–Kier alpha value is -1.97. The highest BCUT2D eigenvalue weighted by Gasteiger charge is 2.62. The number of aromatic nitrogens is 1. The van der Waals surface area contributed by atoms with Gasteiger partial charge >= 0.3 is 0 Å². The Morgan fingerprint density at radius 3 is 2.71 bits per heavy atom. The van der Waals surface area contributed by atoms with Crippen LogP contribution in [0.1, 0.15) is 24.3 Å². The molecule has 110 valence electrons. The van der Waals surface area contributed by atoms with Gasteiger partial charge in [-0.3, -0.25) is 4.79 Å². The molecule has 0 bridgehead atoms. The second kappa shape index (κ2) is 4.03. The Balaban J connectivity index is 1.61. The van der Waals surface area contributed by atoms with Crippen molar-refractivity contribution in [1.29, 1.82) is 0 Å². The van der Waals surface area contributed by atoms with E-state index in [1.807, 2.05) is 29.2 Å². The van der Waals surface area contributed by atoms with Crippen molar-refractivity contribution >= 4 is 16.8 Å². The second-order valence-electron chi connectivity index (χ2n) is 6.85. The van der Waals surface area contributed by atoms with Gasteiger partial charge in [0.2, 0.25) is 0 Å². The lowest BCUT2D eigenvalue weighted by atomic mass is 10.1. The SMILES string of the molecule is COc1cccc2[nH]c(C(=O)N3CC4C(C3)C4(C)C)cc12. The predicted molar refractivity (Wildman–Crippen MR) is 81.5 cm³/mol. The number of methoxy groups -OCH3 is 1. The van der Waals surface area contributed by atoms with Crippen molar-refractivity contribution in [3.63, 3.8) is 0 Å². The lowest BCUT2D eigenvalue weighted by Gasteiger charge is -2.21. The molecular formula is C17H20N2O2. The van der Waals surface area contributed by atoms with Crippen molar-refractivity contribution in [2.45, 2.75) is 13.8 Å². The van der Waals surface area contributed by atoms with E-state index in [0.29, 0.717) is 22.9 Å². The molecule has 1 saturated carbocycles. The summed E-state index contributed by atoms with van der Waals surface area (Å²) in [6.07, 6.45) is 0. The quantitative estimate of drug-likeness (QED) is 0.921. The van der Waals surface area contributed by atoms with Gasteiger partial charge in [0.15, 0.2) is 0 Å². The topological polar surface area (TPSA) is 45.3 Å². The van der Waals surface area contributed by atoms with Crippen LogP contribution < -0.4 is 4.74 Å². The first-order valence-electron chi connectivity index (χ1n) is 7.47. The van der Waals surface area contributed by atoms with Crippen LogP contribution in [0.2, 0.25) is 0 Å². The minimum absolute atomic E-state index is 0.108. The van der Waals surface area contributed by atoms with E-state index in [9.17, 15) is 4.79 Å². The number of rotatable bonds is 2. The Labute approximate surface area is 124 Å². The highest BCUT2D eigenvalue weighted by Crippen LogP contribution is 2.62. The summed E-state index contributed by atoms with van der Waals surface area (Å²) in [7, 11) is 1.65. The van der Waals surface area contributed by atoms with E-state index in [1.54, 1.807) is 7.11 Å². The minimum Gasteiger partial charge on any atom is -0.496 e. The molecule has 4 nitrogen and oxygen atoms in total. The molecule has 2 atom stereocenters. The number of ether oxygens (including phenoxy) is 1. The average Bonchev–Trinajstić information content (AvgIpc) is 2.92. The van der Waals surface area contributed by atoms with E-state index < -0.39 is 0 Å². The molecule has 21 heavy (non-hydrogen) atoms. The Morgan fingerprint density at radius 2 is 2.05 bits per heavy atom. The van der Waals surface area contributed by atoms with E-state index in [-0.39, 0.29) is 5.91 Å². The summed E-state index contributed by atoms with van der Waals surface area (Å²) in [5, 5.41) is 0.966. The summed E-state index contributed by atoms with van der Waals surface area (Å²) in [6.45, 7) is 6.39. The number of nitrogens with zero attached hydrogens (tertiary/aromatic N) is 1. The van der Waals surface area contributed by atoms with Gasteiger partial charge in [-0.15, -0.1) is 0 Å². The highest BCUT2D eigenvalue weighted by atomic mass is 16.5. The summed E-state index contributed by atoms with van der Waals surface area (Å²) in [6, 6.07) is 7.72. The first-order valence-corrected chi connectivity index (χ1v) is 7.47. The number of hydrogen-bond donors (Lipinski definition) is 1. The highest BCUT2D eigenvalue weighted by molar-refractivity contribution is 5.99. The van der Waals surface area contributed by atoms with Gasteiger partial charge in [0.1, 0.15) is 11.4 Å². The van der Waals surface area contributed by atoms with E-state index >= 15 is 0 Å². The third kappa shape index (κ3) is 1.71. The molecule has 4 heteroatoms. The molecule has 0 spiro atoms. The van der Waals surface area contributed by atoms with Crippen LogP contribution in [-0.2, 0) is 0 Å². The number of carbonyl (C=O) groups excluding carboxylic acids is 1. The molecule has 2 heterocycles. The fourth-order valence-corrected chi connectivity index (χ4v) is 3.89. The molecule has 1 aromatic heterocycles. The number of fused-ring (bicyclic) bond motifs is 2. The summed E-state index contributed by atoms with van der Waals surface area (Å²) in [5.41, 5.74) is 2.04. The Bertz CT molecular complexity index is 717. The molecule has 1 aromatic carbocycles. The van der Waals surface area contributed by atoms with Crippen LogP contribution >= 0.6 is 0 Å². The number of benzene rings is 1. The zero-order chi connectivity index (χ0) is 14.8. The summed E-state index contributed by atoms with van der Waals surface area (Å²) >= 11 is 0. The molecule has 2 aliphatic rings. The third-order valence-corrected chi connectivity index (χ3v) is 5.48. The number of nitrogens with one attached hydrogen (secondary N) is 1. The summed E-state index contributed by atoms with van der Waals surface area (Å²) < 4.78 is 5.35. The monoisotopic (exact) mass is 284 g/mol.